The fourth-order valence-corrected chi connectivity index (χ4v) is 2.63. The minimum atomic E-state index is 0.466. The fourth-order valence-electron chi connectivity index (χ4n) is 2.38. The molecule has 0 bridgehead atoms. The molecule has 0 saturated heterocycles. The topological polar surface area (TPSA) is 41.1 Å². The maximum Gasteiger partial charge on any atom is 0.153 e. The molecular formula is C17H14ClN3. The predicted molar refractivity (Wildman–Crippen MR) is 84.4 cm³/mol. The van der Waals surface area contributed by atoms with Crippen molar-refractivity contribution in [2.24, 2.45) is 0 Å². The summed E-state index contributed by atoms with van der Waals surface area (Å²) in [7, 11) is 0. The Morgan fingerprint density at radius 2 is 1.86 bits per heavy atom. The molecule has 2 heterocycles. The number of aromatic nitrogens is 2. The molecule has 0 radical (unpaired) electrons. The number of hydrogen-bond donors (Lipinski definition) is 0. The number of fused-ring (bicyclic) bond motifs is 1. The van der Waals surface area contributed by atoms with Gasteiger partial charge < -0.3 is 0 Å². The van der Waals surface area contributed by atoms with Crippen molar-refractivity contribution in [1.82, 2.24) is 9.38 Å². The minimum absolute atomic E-state index is 0.466. The number of halogens is 1. The van der Waals surface area contributed by atoms with Crippen LogP contribution in [0.1, 0.15) is 31.0 Å². The highest BCUT2D eigenvalue weighted by Gasteiger charge is 2.15. The summed E-state index contributed by atoms with van der Waals surface area (Å²) in [5.41, 5.74) is 4.01. The van der Waals surface area contributed by atoms with Gasteiger partial charge >= 0.3 is 0 Å². The first-order valence-electron chi connectivity index (χ1n) is 6.79. The third-order valence-corrected chi connectivity index (χ3v) is 3.85. The fraction of sp³-hybridized carbons (Fsp3) is 0.176. The van der Waals surface area contributed by atoms with E-state index in [1.54, 1.807) is 10.5 Å². The number of nitrogens with zero attached hydrogens (tertiary/aromatic N) is 3. The first kappa shape index (κ1) is 13.7. The molecule has 4 heteroatoms. The molecule has 0 fully saturated rings. The third kappa shape index (κ3) is 2.28. The van der Waals surface area contributed by atoms with E-state index >= 15 is 0 Å². The van der Waals surface area contributed by atoms with Gasteiger partial charge in [-0.2, -0.15) is 5.26 Å². The van der Waals surface area contributed by atoms with Crippen molar-refractivity contribution in [3.05, 3.63) is 58.9 Å². The molecule has 0 aliphatic carbocycles. The summed E-state index contributed by atoms with van der Waals surface area (Å²) in [6.45, 7) is 4.31. The second kappa shape index (κ2) is 5.23. The highest BCUT2D eigenvalue weighted by atomic mass is 35.5. The number of benzene rings is 1. The second-order valence-electron chi connectivity index (χ2n) is 5.24. The van der Waals surface area contributed by atoms with Gasteiger partial charge in [0.2, 0.25) is 0 Å². The first-order valence-corrected chi connectivity index (χ1v) is 7.17. The minimum Gasteiger partial charge on any atom is -0.273 e. The monoisotopic (exact) mass is 295 g/mol. The smallest absolute Gasteiger partial charge is 0.153 e. The summed E-state index contributed by atoms with van der Waals surface area (Å²) >= 11 is 6.18. The average Bonchev–Trinajstić information content (AvgIpc) is 2.87. The summed E-state index contributed by atoms with van der Waals surface area (Å²) in [6, 6.07) is 15.8. The first-order chi connectivity index (χ1) is 10.1. The Hall–Kier alpha value is -2.31. The Balaban J connectivity index is 2.21. The lowest BCUT2D eigenvalue weighted by Gasteiger charge is -2.05. The quantitative estimate of drug-likeness (QED) is 0.646. The maximum atomic E-state index is 9.46. The van der Waals surface area contributed by atoms with Gasteiger partial charge in [-0.3, -0.25) is 4.40 Å². The van der Waals surface area contributed by atoms with E-state index in [4.69, 9.17) is 11.6 Å². The molecule has 1 aromatic carbocycles. The van der Waals surface area contributed by atoms with Crippen LogP contribution in [-0.4, -0.2) is 9.38 Å². The van der Waals surface area contributed by atoms with Crippen LogP contribution in [0.3, 0.4) is 0 Å². The molecular weight excluding hydrogens is 282 g/mol. The summed E-state index contributed by atoms with van der Waals surface area (Å²) in [6.07, 6.45) is 0. The lowest BCUT2D eigenvalue weighted by atomic mass is 10.0. The van der Waals surface area contributed by atoms with Gasteiger partial charge in [-0.25, -0.2) is 4.98 Å². The molecule has 21 heavy (non-hydrogen) atoms. The Morgan fingerprint density at radius 1 is 1.14 bits per heavy atom. The summed E-state index contributed by atoms with van der Waals surface area (Å²) < 4.78 is 1.67. The lowest BCUT2D eigenvalue weighted by molar-refractivity contribution is 0.867. The highest BCUT2D eigenvalue weighted by Crippen LogP contribution is 2.27. The molecule has 0 atom stereocenters. The summed E-state index contributed by atoms with van der Waals surface area (Å²) in [4.78, 5) is 4.55. The van der Waals surface area contributed by atoms with Crippen LogP contribution in [0.4, 0.5) is 0 Å². The van der Waals surface area contributed by atoms with Gasteiger partial charge in [-0.1, -0.05) is 55.8 Å². The number of rotatable bonds is 2. The van der Waals surface area contributed by atoms with E-state index < -0.39 is 0 Å². The van der Waals surface area contributed by atoms with Gasteiger partial charge in [0.25, 0.3) is 0 Å². The number of pyridine rings is 1. The van der Waals surface area contributed by atoms with Gasteiger partial charge in [-0.15, -0.1) is 0 Å². The molecule has 3 aromatic rings. The molecule has 0 amide bonds. The lowest BCUT2D eigenvalue weighted by Crippen LogP contribution is -1.91. The van der Waals surface area contributed by atoms with E-state index in [-0.39, 0.29) is 0 Å². The van der Waals surface area contributed by atoms with Crippen molar-refractivity contribution in [2.75, 3.05) is 0 Å². The number of hydrogen-bond acceptors (Lipinski definition) is 2. The van der Waals surface area contributed by atoms with Crippen LogP contribution in [0, 0.1) is 11.3 Å². The largest absolute Gasteiger partial charge is 0.273 e. The Morgan fingerprint density at radius 3 is 2.48 bits per heavy atom. The zero-order valence-electron chi connectivity index (χ0n) is 11.8. The van der Waals surface area contributed by atoms with Crippen LogP contribution in [0.15, 0.2) is 42.5 Å². The van der Waals surface area contributed by atoms with Crippen LogP contribution >= 0.6 is 11.6 Å². The zero-order valence-corrected chi connectivity index (χ0v) is 12.6. The Bertz CT molecular complexity index is 839. The van der Waals surface area contributed by atoms with E-state index in [2.05, 4.69) is 37.0 Å². The van der Waals surface area contributed by atoms with E-state index in [1.807, 2.05) is 24.3 Å². The van der Waals surface area contributed by atoms with Crippen molar-refractivity contribution in [3.8, 4) is 17.3 Å². The van der Waals surface area contributed by atoms with Crippen molar-refractivity contribution >= 4 is 17.2 Å². The highest BCUT2D eigenvalue weighted by molar-refractivity contribution is 6.29. The van der Waals surface area contributed by atoms with Gasteiger partial charge in [-0.05, 0) is 23.6 Å². The van der Waals surface area contributed by atoms with Crippen LogP contribution in [0.5, 0.6) is 0 Å². The molecule has 0 aliphatic heterocycles. The Labute approximate surface area is 128 Å². The predicted octanol–water partition coefficient (Wildman–Crippen LogP) is 4.65. The molecule has 104 valence electrons. The molecule has 3 nitrogen and oxygen atoms in total. The van der Waals surface area contributed by atoms with E-state index in [0.717, 1.165) is 5.56 Å². The van der Waals surface area contributed by atoms with Crippen LogP contribution in [0.25, 0.3) is 16.9 Å². The van der Waals surface area contributed by atoms with Gasteiger partial charge in [0.15, 0.2) is 5.69 Å². The molecule has 2 aromatic heterocycles. The molecule has 0 unspecified atom stereocenters. The van der Waals surface area contributed by atoms with Crippen molar-refractivity contribution in [2.45, 2.75) is 19.8 Å². The molecule has 3 rings (SSSR count). The van der Waals surface area contributed by atoms with Crippen LogP contribution in [-0.2, 0) is 0 Å². The van der Waals surface area contributed by atoms with Crippen LogP contribution < -0.4 is 0 Å². The zero-order chi connectivity index (χ0) is 15.0. The average molecular weight is 296 g/mol. The standard InChI is InChI=1S/C17H14ClN3/c1-11(2)12-6-8-13(9-7-12)17-14(10-19)21-15(18)4-3-5-16(21)20-17/h3-9,11H,1-2H3. The van der Waals surface area contributed by atoms with E-state index in [0.29, 0.717) is 28.1 Å². The molecule has 0 N–H and O–H groups in total. The molecule has 0 saturated carbocycles. The van der Waals surface area contributed by atoms with Crippen LogP contribution in [0.2, 0.25) is 5.15 Å². The summed E-state index contributed by atoms with van der Waals surface area (Å²) in [5.74, 6) is 0.477. The van der Waals surface area contributed by atoms with Crippen molar-refractivity contribution in [1.29, 1.82) is 5.26 Å². The maximum absolute atomic E-state index is 9.46. The Kier molecular flexibility index (Phi) is 3.40. The summed E-state index contributed by atoms with van der Waals surface area (Å²) in [5, 5.41) is 9.95. The normalized spacial score (nSPS) is 11.0. The molecule has 0 spiro atoms. The SMILES string of the molecule is CC(C)c1ccc(-c2nc3cccc(Cl)n3c2C#N)cc1. The molecule has 0 aliphatic rings. The number of nitriles is 1. The van der Waals surface area contributed by atoms with Gasteiger partial charge in [0.05, 0.1) is 0 Å². The van der Waals surface area contributed by atoms with Crippen molar-refractivity contribution in [3.63, 3.8) is 0 Å². The van der Waals surface area contributed by atoms with Gasteiger partial charge in [0, 0.05) is 5.56 Å². The van der Waals surface area contributed by atoms with Gasteiger partial charge in [0.1, 0.15) is 22.6 Å². The third-order valence-electron chi connectivity index (χ3n) is 3.55. The number of imidazole rings is 1. The second-order valence-corrected chi connectivity index (χ2v) is 5.63. The van der Waals surface area contributed by atoms with E-state index in [1.165, 1.54) is 5.56 Å². The van der Waals surface area contributed by atoms with E-state index in [9.17, 15) is 5.26 Å². The van der Waals surface area contributed by atoms with Crippen molar-refractivity contribution < 1.29 is 0 Å².